The Morgan fingerprint density at radius 2 is 1.72 bits per heavy atom. The molecule has 29 heavy (non-hydrogen) atoms. The van der Waals surface area contributed by atoms with Gasteiger partial charge in [-0.2, -0.15) is 11.8 Å². The van der Waals surface area contributed by atoms with E-state index in [1.54, 1.807) is 6.07 Å². The molecule has 0 unspecified atom stereocenters. The number of aryl methyl sites for hydroxylation is 2. The molecule has 0 aliphatic carbocycles. The van der Waals surface area contributed by atoms with Crippen LogP contribution in [0.4, 0.5) is 5.69 Å². The highest BCUT2D eigenvalue weighted by atomic mass is 32.2. The molecule has 0 radical (unpaired) electrons. The molecule has 0 bridgehead atoms. The van der Waals surface area contributed by atoms with E-state index in [4.69, 9.17) is 0 Å². The Morgan fingerprint density at radius 3 is 2.41 bits per heavy atom. The van der Waals surface area contributed by atoms with Crippen LogP contribution in [0.15, 0.2) is 42.5 Å². The third-order valence-electron chi connectivity index (χ3n) is 5.24. The number of hydrogen-bond donors (Lipinski definition) is 2. The monoisotopic (exact) mass is 411 g/mol. The molecule has 1 saturated heterocycles. The minimum atomic E-state index is -0.241. The number of hydrogen-bond acceptors (Lipinski definition) is 4. The van der Waals surface area contributed by atoms with Crippen LogP contribution in [-0.4, -0.2) is 54.4 Å². The van der Waals surface area contributed by atoms with Crippen molar-refractivity contribution in [2.24, 2.45) is 0 Å². The van der Waals surface area contributed by atoms with E-state index in [9.17, 15) is 9.59 Å². The smallest absolute Gasteiger partial charge is 0.251 e. The summed E-state index contributed by atoms with van der Waals surface area (Å²) in [6.45, 7) is 7.34. The van der Waals surface area contributed by atoms with Gasteiger partial charge >= 0.3 is 0 Å². The van der Waals surface area contributed by atoms with Crippen molar-refractivity contribution < 1.29 is 9.59 Å². The molecule has 3 rings (SSSR count). The van der Waals surface area contributed by atoms with E-state index in [0.717, 1.165) is 29.8 Å². The lowest BCUT2D eigenvalue weighted by atomic mass is 10.1. The predicted octanol–water partition coefficient (Wildman–Crippen LogP) is 3.26. The summed E-state index contributed by atoms with van der Waals surface area (Å²) in [5.41, 5.74) is 4.77. The fraction of sp³-hybridized carbons (Fsp3) is 0.391. The maximum absolute atomic E-state index is 12.2. The largest absolute Gasteiger partial charge is 0.343 e. The van der Waals surface area contributed by atoms with Gasteiger partial charge in [0.25, 0.3) is 5.91 Å². The van der Waals surface area contributed by atoms with Crippen LogP contribution in [0.5, 0.6) is 0 Å². The summed E-state index contributed by atoms with van der Waals surface area (Å²) < 4.78 is 0. The van der Waals surface area contributed by atoms with Gasteiger partial charge in [-0.05, 0) is 61.2 Å². The lowest BCUT2D eigenvalue weighted by molar-refractivity contribution is -0.115. The van der Waals surface area contributed by atoms with Crippen molar-refractivity contribution in [1.29, 1.82) is 0 Å². The van der Waals surface area contributed by atoms with Gasteiger partial charge in [-0.3, -0.25) is 9.59 Å². The van der Waals surface area contributed by atoms with Gasteiger partial charge in [-0.1, -0.05) is 18.2 Å². The van der Waals surface area contributed by atoms with Crippen molar-refractivity contribution in [3.63, 3.8) is 0 Å². The van der Waals surface area contributed by atoms with Crippen molar-refractivity contribution in [2.45, 2.75) is 20.3 Å². The maximum atomic E-state index is 12.2. The van der Waals surface area contributed by atoms with E-state index in [0.29, 0.717) is 5.56 Å². The molecular weight excluding hydrogens is 382 g/mol. The lowest BCUT2D eigenvalue weighted by Crippen LogP contribution is -2.34. The molecule has 6 heteroatoms. The van der Waals surface area contributed by atoms with Gasteiger partial charge in [0.1, 0.15) is 0 Å². The van der Waals surface area contributed by atoms with E-state index in [-0.39, 0.29) is 18.4 Å². The first-order valence-corrected chi connectivity index (χ1v) is 11.2. The van der Waals surface area contributed by atoms with Gasteiger partial charge in [-0.15, -0.1) is 0 Å². The molecule has 2 aromatic rings. The highest BCUT2D eigenvalue weighted by molar-refractivity contribution is 7.99. The first-order valence-electron chi connectivity index (χ1n) is 10.1. The number of carbonyl (C=O) groups is 2. The summed E-state index contributed by atoms with van der Waals surface area (Å²) in [4.78, 5) is 26.9. The van der Waals surface area contributed by atoms with Gasteiger partial charge in [0.15, 0.2) is 0 Å². The first kappa shape index (κ1) is 21.4. The Bertz CT molecular complexity index is 846. The zero-order valence-corrected chi connectivity index (χ0v) is 18.0. The predicted molar refractivity (Wildman–Crippen MR) is 121 cm³/mol. The van der Waals surface area contributed by atoms with Gasteiger partial charge < -0.3 is 15.5 Å². The second-order valence-electron chi connectivity index (χ2n) is 7.43. The van der Waals surface area contributed by atoms with Crippen molar-refractivity contribution in [1.82, 2.24) is 10.2 Å². The van der Waals surface area contributed by atoms with Crippen LogP contribution >= 0.6 is 11.8 Å². The van der Waals surface area contributed by atoms with Crippen molar-refractivity contribution >= 4 is 29.3 Å². The Morgan fingerprint density at radius 1 is 1.00 bits per heavy atom. The average Bonchev–Trinajstić information content (AvgIpc) is 2.74. The number of thioether (sulfide) groups is 1. The van der Waals surface area contributed by atoms with E-state index in [1.165, 1.54) is 30.2 Å². The lowest BCUT2D eigenvalue weighted by Gasteiger charge is -2.26. The molecule has 0 saturated carbocycles. The summed E-state index contributed by atoms with van der Waals surface area (Å²) in [7, 11) is 0. The quantitative estimate of drug-likeness (QED) is 0.734. The summed E-state index contributed by atoms with van der Waals surface area (Å²) in [6, 6.07) is 13.5. The number of amides is 2. The van der Waals surface area contributed by atoms with Crippen molar-refractivity contribution in [2.75, 3.05) is 43.0 Å². The number of carbonyl (C=O) groups excluding carboxylic acids is 2. The number of nitrogens with one attached hydrogen (secondary N) is 2. The fourth-order valence-corrected chi connectivity index (χ4v) is 4.20. The van der Waals surface area contributed by atoms with Gasteiger partial charge in [0, 0.05) is 42.4 Å². The average molecular weight is 412 g/mol. The first-order chi connectivity index (χ1) is 14.0. The number of anilines is 1. The van der Waals surface area contributed by atoms with E-state index in [2.05, 4.69) is 27.7 Å². The molecular formula is C23H29N3O2S. The van der Waals surface area contributed by atoms with Crippen LogP contribution in [0.1, 0.15) is 27.0 Å². The molecule has 154 valence electrons. The second-order valence-corrected chi connectivity index (χ2v) is 8.66. The van der Waals surface area contributed by atoms with E-state index in [1.807, 2.05) is 49.9 Å². The second kappa shape index (κ2) is 10.5. The Balaban J connectivity index is 1.42. The molecule has 0 aromatic heterocycles. The molecule has 1 aliphatic rings. The van der Waals surface area contributed by atoms with Crippen LogP contribution < -0.4 is 10.6 Å². The topological polar surface area (TPSA) is 61.4 Å². The summed E-state index contributed by atoms with van der Waals surface area (Å²) in [5, 5.41) is 5.51. The summed E-state index contributed by atoms with van der Waals surface area (Å²) in [5.74, 6) is 1.98. The molecule has 2 N–H and O–H groups in total. The van der Waals surface area contributed by atoms with E-state index < -0.39 is 0 Å². The summed E-state index contributed by atoms with van der Waals surface area (Å²) >= 11 is 2.03. The molecule has 5 nitrogen and oxygen atoms in total. The minimum Gasteiger partial charge on any atom is -0.343 e. The molecule has 0 atom stereocenters. The van der Waals surface area contributed by atoms with Gasteiger partial charge in [0.05, 0.1) is 6.54 Å². The molecule has 1 fully saturated rings. The standard InChI is InChI=1S/C23H29N3O2S/c1-17-3-6-20(15-18(17)2)23(28)24-16-22(27)25-21-7-4-19(5-8-21)9-10-26-11-13-29-14-12-26/h3-8,15H,9-14,16H2,1-2H3,(H,24,28)(H,25,27). The molecule has 1 heterocycles. The van der Waals surface area contributed by atoms with Crippen LogP contribution in [-0.2, 0) is 11.2 Å². The van der Waals surface area contributed by atoms with Crippen LogP contribution in [0.2, 0.25) is 0 Å². The maximum Gasteiger partial charge on any atom is 0.251 e. The van der Waals surface area contributed by atoms with Crippen LogP contribution in [0, 0.1) is 13.8 Å². The molecule has 2 amide bonds. The zero-order chi connectivity index (χ0) is 20.6. The Hall–Kier alpha value is -2.31. The van der Waals surface area contributed by atoms with Crippen LogP contribution in [0.3, 0.4) is 0 Å². The number of rotatable bonds is 7. The van der Waals surface area contributed by atoms with Gasteiger partial charge in [-0.25, -0.2) is 0 Å². The fourth-order valence-electron chi connectivity index (χ4n) is 3.22. The van der Waals surface area contributed by atoms with Crippen LogP contribution in [0.25, 0.3) is 0 Å². The number of benzene rings is 2. The van der Waals surface area contributed by atoms with Crippen molar-refractivity contribution in [3.8, 4) is 0 Å². The molecule has 0 spiro atoms. The molecule has 1 aliphatic heterocycles. The van der Waals surface area contributed by atoms with Crippen molar-refractivity contribution in [3.05, 3.63) is 64.7 Å². The highest BCUT2D eigenvalue weighted by Gasteiger charge is 2.11. The third kappa shape index (κ3) is 6.61. The summed E-state index contributed by atoms with van der Waals surface area (Å²) in [6.07, 6.45) is 1.02. The Kier molecular flexibility index (Phi) is 7.72. The zero-order valence-electron chi connectivity index (χ0n) is 17.2. The number of nitrogens with zero attached hydrogens (tertiary/aromatic N) is 1. The normalized spacial score (nSPS) is 14.4. The minimum absolute atomic E-state index is 0.0551. The Labute approximate surface area is 177 Å². The SMILES string of the molecule is Cc1ccc(C(=O)NCC(=O)Nc2ccc(CCN3CCSCC3)cc2)cc1C. The molecule has 2 aromatic carbocycles. The van der Waals surface area contributed by atoms with Gasteiger partial charge in [0.2, 0.25) is 5.91 Å². The third-order valence-corrected chi connectivity index (χ3v) is 6.18. The van der Waals surface area contributed by atoms with E-state index >= 15 is 0 Å². The highest BCUT2D eigenvalue weighted by Crippen LogP contribution is 2.13.